The van der Waals surface area contributed by atoms with E-state index in [1.54, 1.807) is 0 Å². The number of rotatable bonds is 0. The van der Waals surface area contributed by atoms with E-state index in [0.717, 1.165) is 0 Å². The van der Waals surface area contributed by atoms with Crippen LogP contribution >= 0.6 is 0 Å². The van der Waals surface area contributed by atoms with Crippen molar-refractivity contribution in [2.75, 3.05) is 0 Å². The lowest BCUT2D eigenvalue weighted by Crippen LogP contribution is -2.01. The van der Waals surface area contributed by atoms with Crippen molar-refractivity contribution in [3.05, 3.63) is 17.0 Å². The summed E-state index contributed by atoms with van der Waals surface area (Å²) in [5.41, 5.74) is 0. The molecule has 2 heterocycles. The smallest absolute Gasteiger partial charge is 0.353 e. The molecule has 2 aliphatic heterocycles. The molecule has 0 spiro atoms. The Morgan fingerprint density at radius 1 is 1.50 bits per heavy atom. The van der Waals surface area contributed by atoms with Crippen LogP contribution < -0.4 is 0 Å². The van der Waals surface area contributed by atoms with Crippen LogP contribution in [0.25, 0.3) is 0 Å². The Morgan fingerprint density at radius 2 is 2.50 bits per heavy atom. The van der Waals surface area contributed by atoms with Crippen molar-refractivity contribution in [2.45, 2.75) is 0 Å². The normalized spacial score (nSPS) is 21.0. The molecule has 2 rings (SSSR count). The third kappa shape index (κ3) is 0.520. The zero-order chi connectivity index (χ0) is 5.40. The first-order valence-electron chi connectivity index (χ1n) is 2.74. The monoisotopic (exact) mass is 94.1 g/mol. The molecule has 0 nitrogen and oxygen atoms in total. The summed E-state index contributed by atoms with van der Waals surface area (Å²) in [6.07, 6.45) is 2.07. The van der Waals surface area contributed by atoms with Gasteiger partial charge >= 0.3 is 14.6 Å². The third-order valence-electron chi connectivity index (χ3n) is 1.44. The average Bonchev–Trinajstić information content (AvgIpc) is 2.15. The van der Waals surface area contributed by atoms with Gasteiger partial charge in [-0.25, -0.2) is 0 Å². The summed E-state index contributed by atoms with van der Waals surface area (Å²) in [6.45, 7) is 2.12. The fourth-order valence-corrected chi connectivity index (χ4v) is 1.01. The van der Waals surface area contributed by atoms with E-state index in [-0.39, 0.29) is 0 Å². The lowest BCUT2D eigenvalue weighted by molar-refractivity contribution is 2.24. The van der Waals surface area contributed by atoms with Crippen LogP contribution in [0.5, 0.6) is 0 Å². The molecule has 0 aromatic rings. The summed E-state index contributed by atoms with van der Waals surface area (Å²) >= 11 is 0. The molecule has 2 aliphatic rings. The first-order valence-corrected chi connectivity index (χ1v) is 2.74. The van der Waals surface area contributed by atoms with Gasteiger partial charge in [-0.2, -0.15) is 0 Å². The maximum atomic E-state index is 2.12. The van der Waals surface area contributed by atoms with Gasteiger partial charge < -0.3 is 12.8 Å². The van der Waals surface area contributed by atoms with Gasteiger partial charge in [0.25, 0.3) is 0 Å². The van der Waals surface area contributed by atoms with Gasteiger partial charge in [-0.3, -0.25) is 5.37 Å². The highest BCUT2D eigenvalue weighted by atomic mass is 13.8. The summed E-state index contributed by atoms with van der Waals surface area (Å²) in [7, 11) is 6.36. The third-order valence-corrected chi connectivity index (χ3v) is 1.44. The first kappa shape index (κ1) is 4.60. The molecule has 0 aromatic carbocycles. The number of hydrogen-bond donors (Lipinski definition) is 0. The van der Waals surface area contributed by atoms with E-state index in [9.17, 15) is 0 Å². The predicted octanol–water partition coefficient (Wildman–Crippen LogP) is -1.16. The standard InChI is InChI=1S/C4H2B4/c1-5-3-4(6-1)8-2-7-3/h1-2H. The topological polar surface area (TPSA) is 0 Å². The molecular weight excluding hydrogens is 91.3 g/mol. The molecule has 8 heavy (non-hydrogen) atoms. The Bertz CT molecular complexity index is 169. The zero-order valence-corrected chi connectivity index (χ0v) is 4.46. The molecule has 0 bridgehead atoms. The lowest BCUT2D eigenvalue weighted by atomic mass is 9.48. The van der Waals surface area contributed by atoms with E-state index >= 15 is 0 Å². The Balaban J connectivity index is 2.33. The molecule has 4 radical (unpaired) electrons. The first-order chi connectivity index (χ1) is 3.97. The molecule has 0 aliphatic carbocycles. The molecule has 30 valence electrons. The van der Waals surface area contributed by atoms with Gasteiger partial charge in [-0.15, -0.1) is 5.37 Å². The van der Waals surface area contributed by atoms with Crippen molar-refractivity contribution in [1.29, 1.82) is 0 Å². The number of hydrogen-bond acceptors (Lipinski definition) is 0. The highest BCUT2D eigenvalue weighted by Crippen LogP contribution is 2.09. The highest BCUT2D eigenvalue weighted by molar-refractivity contribution is 7.09. The van der Waals surface area contributed by atoms with Crippen molar-refractivity contribution in [3.8, 4) is 0 Å². The highest BCUT2D eigenvalue weighted by Gasteiger charge is 2.20. The summed E-state index contributed by atoms with van der Waals surface area (Å²) in [5, 5.41) is 2.70. The van der Waals surface area contributed by atoms with E-state index in [1.807, 2.05) is 0 Å². The molecule has 0 atom stereocenters. The quantitative estimate of drug-likeness (QED) is 0.262. The van der Waals surface area contributed by atoms with Crippen LogP contribution in [-0.2, 0) is 0 Å². The predicted molar refractivity (Wildman–Crippen MR) is 40.4 cm³/mol. The largest absolute Gasteiger partial charge is 0.403 e. The van der Waals surface area contributed by atoms with Gasteiger partial charge in [0.1, 0.15) is 7.28 Å². The SMILES string of the molecule is [B]1C=[B-]C2=C1[B][CH+][B]2. The molecule has 0 amide bonds. The van der Waals surface area contributed by atoms with Crippen molar-refractivity contribution in [3.63, 3.8) is 0 Å². The van der Waals surface area contributed by atoms with Crippen LogP contribution in [0, 0.1) is 6.22 Å². The van der Waals surface area contributed by atoms with Crippen molar-refractivity contribution in [1.82, 2.24) is 0 Å². The minimum absolute atomic E-state index is 1.35. The molecular formula is C4H2B4. The average molecular weight is 93.3 g/mol. The van der Waals surface area contributed by atoms with Gasteiger partial charge in [0.15, 0.2) is 0 Å². The minimum atomic E-state index is 1.35. The zero-order valence-electron chi connectivity index (χ0n) is 4.46. The summed E-state index contributed by atoms with van der Waals surface area (Å²) in [6, 6.07) is 0. The van der Waals surface area contributed by atoms with Crippen LogP contribution in [0.1, 0.15) is 0 Å². The molecule has 0 aromatic heterocycles. The Hall–Kier alpha value is -0.260. The Labute approximate surface area is 52.4 Å². The second kappa shape index (κ2) is 1.61. The maximum absolute atomic E-state index is 2.12. The van der Waals surface area contributed by atoms with E-state index in [1.165, 1.54) is 10.7 Å². The second-order valence-corrected chi connectivity index (χ2v) is 1.96. The summed E-state index contributed by atoms with van der Waals surface area (Å²) < 4.78 is 0. The summed E-state index contributed by atoms with van der Waals surface area (Å²) in [4.78, 5) is 0. The lowest BCUT2D eigenvalue weighted by Gasteiger charge is -1.93. The van der Waals surface area contributed by atoms with Crippen molar-refractivity contribution < 1.29 is 0 Å². The van der Waals surface area contributed by atoms with E-state index < -0.39 is 0 Å². The van der Waals surface area contributed by atoms with Gasteiger partial charge in [0.05, 0.1) is 0 Å². The molecule has 4 heteroatoms. The van der Waals surface area contributed by atoms with Crippen molar-refractivity contribution >= 4 is 34.6 Å². The van der Waals surface area contributed by atoms with Crippen LogP contribution in [-0.4, -0.2) is 34.6 Å². The van der Waals surface area contributed by atoms with E-state index in [4.69, 9.17) is 0 Å². The van der Waals surface area contributed by atoms with E-state index in [2.05, 4.69) is 40.8 Å². The minimum Gasteiger partial charge on any atom is -0.353 e. The maximum Gasteiger partial charge on any atom is 0.403 e. The molecule has 0 saturated carbocycles. The van der Waals surface area contributed by atoms with Crippen LogP contribution in [0.4, 0.5) is 0 Å². The van der Waals surface area contributed by atoms with Gasteiger partial charge in [-0.1, -0.05) is 6.22 Å². The van der Waals surface area contributed by atoms with Gasteiger partial charge in [0, 0.05) is 0 Å². The Morgan fingerprint density at radius 3 is 3.38 bits per heavy atom. The van der Waals surface area contributed by atoms with Gasteiger partial charge in [-0.05, 0) is 0 Å². The van der Waals surface area contributed by atoms with Crippen molar-refractivity contribution in [2.24, 2.45) is 0 Å². The molecule has 0 fully saturated rings. The fourth-order valence-electron chi connectivity index (χ4n) is 1.01. The van der Waals surface area contributed by atoms with Crippen LogP contribution in [0.2, 0.25) is 0 Å². The summed E-state index contributed by atoms with van der Waals surface area (Å²) in [5.74, 6) is 2.07. The van der Waals surface area contributed by atoms with E-state index in [0.29, 0.717) is 0 Å². The molecule has 0 saturated heterocycles. The Kier molecular flexibility index (Phi) is 0.927. The van der Waals surface area contributed by atoms with Crippen LogP contribution in [0.15, 0.2) is 10.7 Å². The fraction of sp³-hybridized carbons (Fsp3) is 0. The molecule has 0 N–H and O–H groups in total. The van der Waals surface area contributed by atoms with Gasteiger partial charge in [0.2, 0.25) is 0 Å². The molecule has 0 unspecified atom stereocenters. The second-order valence-electron chi connectivity index (χ2n) is 1.96. The van der Waals surface area contributed by atoms with Crippen LogP contribution in [0.3, 0.4) is 0 Å².